The van der Waals surface area contributed by atoms with Gasteiger partial charge in [-0.1, -0.05) is 25.5 Å². The molecule has 148 valence electrons. The van der Waals surface area contributed by atoms with Gasteiger partial charge in [-0.3, -0.25) is 25.2 Å². The fourth-order valence-electron chi connectivity index (χ4n) is 3.41. The third-order valence-corrected chi connectivity index (χ3v) is 4.87. The number of rotatable bonds is 5. The zero-order valence-corrected chi connectivity index (χ0v) is 16.4. The lowest BCUT2D eigenvalue weighted by Crippen LogP contribution is -2.45. The number of carbonyl (C=O) groups excluding carboxylic acids is 3. The summed E-state index contributed by atoms with van der Waals surface area (Å²) in [6, 6.07) is 9.45. The van der Waals surface area contributed by atoms with Crippen LogP contribution in [-0.2, 0) is 16.0 Å². The standard InChI is InChI=1S/C21H25N3O4/c1-4-5-15-6-8-17(9-7-15)24-12-16(11-19(24)25)20(26)22-23-21(27)18-10-13(2)28-14(18)3/h6-10,16H,4-5,11-12H2,1-3H3,(H,22,26)(H,23,27)/t16-/m1/s1. The number of nitrogens with one attached hydrogen (secondary N) is 2. The first-order chi connectivity index (χ1) is 13.4. The summed E-state index contributed by atoms with van der Waals surface area (Å²) in [6.45, 7) is 5.84. The smallest absolute Gasteiger partial charge is 0.273 e. The Morgan fingerprint density at radius 3 is 2.50 bits per heavy atom. The molecular weight excluding hydrogens is 358 g/mol. The summed E-state index contributed by atoms with van der Waals surface area (Å²) < 4.78 is 5.32. The van der Waals surface area contributed by atoms with E-state index in [9.17, 15) is 14.4 Å². The first-order valence-corrected chi connectivity index (χ1v) is 9.45. The Bertz CT molecular complexity index is 886. The highest BCUT2D eigenvalue weighted by molar-refractivity contribution is 6.01. The average Bonchev–Trinajstić information content (AvgIpc) is 3.22. The van der Waals surface area contributed by atoms with E-state index < -0.39 is 11.8 Å². The van der Waals surface area contributed by atoms with Gasteiger partial charge in [0, 0.05) is 18.7 Å². The molecule has 1 aromatic carbocycles. The summed E-state index contributed by atoms with van der Waals surface area (Å²) in [6.07, 6.45) is 2.17. The van der Waals surface area contributed by atoms with Crippen LogP contribution in [0.4, 0.5) is 5.69 Å². The summed E-state index contributed by atoms with van der Waals surface area (Å²) in [5.74, 6) is -0.347. The quantitative estimate of drug-likeness (QED) is 0.777. The number of carbonyl (C=O) groups is 3. The predicted octanol–water partition coefficient (Wildman–Crippen LogP) is 2.66. The van der Waals surface area contributed by atoms with Crippen molar-refractivity contribution in [3.8, 4) is 0 Å². The zero-order chi connectivity index (χ0) is 20.3. The van der Waals surface area contributed by atoms with E-state index in [2.05, 4.69) is 17.8 Å². The number of nitrogens with zero attached hydrogens (tertiary/aromatic N) is 1. The number of hydrogen-bond acceptors (Lipinski definition) is 4. The average molecular weight is 383 g/mol. The monoisotopic (exact) mass is 383 g/mol. The number of furan rings is 1. The Labute approximate surface area is 164 Å². The molecule has 7 heteroatoms. The van der Waals surface area contributed by atoms with Gasteiger partial charge in [0.2, 0.25) is 11.8 Å². The molecular formula is C21H25N3O4. The van der Waals surface area contributed by atoms with Crippen LogP contribution in [0.25, 0.3) is 0 Å². The van der Waals surface area contributed by atoms with Crippen LogP contribution >= 0.6 is 0 Å². The van der Waals surface area contributed by atoms with Crippen molar-refractivity contribution in [1.29, 1.82) is 0 Å². The van der Waals surface area contributed by atoms with Gasteiger partial charge in [-0.25, -0.2) is 0 Å². The van der Waals surface area contributed by atoms with E-state index in [1.54, 1.807) is 24.8 Å². The van der Waals surface area contributed by atoms with Gasteiger partial charge >= 0.3 is 0 Å². The molecule has 1 aromatic heterocycles. The Morgan fingerprint density at radius 2 is 1.89 bits per heavy atom. The molecule has 0 radical (unpaired) electrons. The normalized spacial score (nSPS) is 16.3. The van der Waals surface area contributed by atoms with Crippen molar-refractivity contribution in [1.82, 2.24) is 10.9 Å². The molecule has 2 N–H and O–H groups in total. The number of anilines is 1. The molecule has 1 saturated heterocycles. The van der Waals surface area contributed by atoms with Crippen LogP contribution in [0.5, 0.6) is 0 Å². The molecule has 3 amide bonds. The minimum Gasteiger partial charge on any atom is -0.466 e. The molecule has 7 nitrogen and oxygen atoms in total. The molecule has 1 fully saturated rings. The van der Waals surface area contributed by atoms with Gasteiger partial charge < -0.3 is 9.32 Å². The van der Waals surface area contributed by atoms with Gasteiger partial charge in [-0.05, 0) is 44.0 Å². The first kappa shape index (κ1) is 19.7. The topological polar surface area (TPSA) is 91.7 Å². The Morgan fingerprint density at radius 1 is 1.18 bits per heavy atom. The third-order valence-electron chi connectivity index (χ3n) is 4.87. The molecule has 28 heavy (non-hydrogen) atoms. The van der Waals surface area contributed by atoms with Crippen molar-refractivity contribution in [2.45, 2.75) is 40.0 Å². The number of aryl methyl sites for hydroxylation is 3. The summed E-state index contributed by atoms with van der Waals surface area (Å²) >= 11 is 0. The van der Waals surface area contributed by atoms with Crippen LogP contribution in [0.15, 0.2) is 34.7 Å². The second-order valence-corrected chi connectivity index (χ2v) is 7.09. The van der Waals surface area contributed by atoms with Crippen molar-refractivity contribution in [2.75, 3.05) is 11.4 Å². The van der Waals surface area contributed by atoms with Crippen LogP contribution in [0, 0.1) is 19.8 Å². The second-order valence-electron chi connectivity index (χ2n) is 7.09. The molecule has 2 aromatic rings. The van der Waals surface area contributed by atoms with E-state index in [0.29, 0.717) is 17.1 Å². The lowest BCUT2D eigenvalue weighted by Gasteiger charge is -2.17. The van der Waals surface area contributed by atoms with Gasteiger partial charge in [0.25, 0.3) is 5.91 Å². The predicted molar refractivity (Wildman–Crippen MR) is 105 cm³/mol. The van der Waals surface area contributed by atoms with Gasteiger partial charge in [-0.2, -0.15) is 0 Å². The molecule has 0 aliphatic carbocycles. The van der Waals surface area contributed by atoms with Crippen LogP contribution < -0.4 is 15.8 Å². The second kappa shape index (κ2) is 8.29. The molecule has 0 bridgehead atoms. The first-order valence-electron chi connectivity index (χ1n) is 9.45. The minimum absolute atomic E-state index is 0.101. The molecule has 0 spiro atoms. The SMILES string of the molecule is CCCc1ccc(N2C[C@H](C(=O)NNC(=O)c3cc(C)oc3C)CC2=O)cc1. The van der Waals surface area contributed by atoms with Gasteiger partial charge in [0.1, 0.15) is 11.5 Å². The molecule has 2 heterocycles. The molecule has 0 saturated carbocycles. The Balaban J connectivity index is 1.57. The number of benzene rings is 1. The highest BCUT2D eigenvalue weighted by Gasteiger charge is 2.35. The number of amides is 3. The third kappa shape index (κ3) is 4.24. The van der Waals surface area contributed by atoms with Crippen molar-refractivity contribution in [2.24, 2.45) is 5.92 Å². The van der Waals surface area contributed by atoms with Crippen molar-refractivity contribution in [3.63, 3.8) is 0 Å². The lowest BCUT2D eigenvalue weighted by atomic mass is 10.1. The van der Waals surface area contributed by atoms with Crippen molar-refractivity contribution < 1.29 is 18.8 Å². The van der Waals surface area contributed by atoms with E-state index >= 15 is 0 Å². The van der Waals surface area contributed by atoms with Crippen molar-refractivity contribution >= 4 is 23.4 Å². The fraction of sp³-hybridized carbons (Fsp3) is 0.381. The summed E-state index contributed by atoms with van der Waals surface area (Å²) in [7, 11) is 0. The highest BCUT2D eigenvalue weighted by atomic mass is 16.3. The molecule has 0 unspecified atom stereocenters. The van der Waals surface area contributed by atoms with Crippen LogP contribution in [-0.4, -0.2) is 24.3 Å². The summed E-state index contributed by atoms with van der Waals surface area (Å²) in [4.78, 5) is 38.5. The number of hydrazine groups is 1. The van der Waals surface area contributed by atoms with E-state index in [4.69, 9.17) is 4.42 Å². The maximum Gasteiger partial charge on any atom is 0.273 e. The molecule has 1 aliphatic heterocycles. The minimum atomic E-state index is -0.518. The fourth-order valence-corrected chi connectivity index (χ4v) is 3.41. The maximum absolute atomic E-state index is 12.4. The largest absolute Gasteiger partial charge is 0.466 e. The van der Waals surface area contributed by atoms with Crippen LogP contribution in [0.1, 0.15) is 47.2 Å². The lowest BCUT2D eigenvalue weighted by molar-refractivity contribution is -0.126. The van der Waals surface area contributed by atoms with E-state index in [1.165, 1.54) is 5.56 Å². The molecule has 3 rings (SSSR count). The summed E-state index contributed by atoms with van der Waals surface area (Å²) in [5, 5.41) is 0. The summed E-state index contributed by atoms with van der Waals surface area (Å²) in [5.41, 5.74) is 7.19. The van der Waals surface area contributed by atoms with Gasteiger partial charge in [-0.15, -0.1) is 0 Å². The van der Waals surface area contributed by atoms with Crippen LogP contribution in [0.3, 0.4) is 0 Å². The van der Waals surface area contributed by atoms with Gasteiger partial charge in [0.05, 0.1) is 11.5 Å². The zero-order valence-electron chi connectivity index (χ0n) is 16.4. The number of hydrogen-bond donors (Lipinski definition) is 2. The van der Waals surface area contributed by atoms with Gasteiger partial charge in [0.15, 0.2) is 0 Å². The maximum atomic E-state index is 12.4. The van der Waals surface area contributed by atoms with Crippen LogP contribution in [0.2, 0.25) is 0 Å². The van der Waals surface area contributed by atoms with E-state index in [0.717, 1.165) is 18.5 Å². The Hall–Kier alpha value is -3.09. The van der Waals surface area contributed by atoms with E-state index in [1.807, 2.05) is 24.3 Å². The molecule has 1 aliphatic rings. The van der Waals surface area contributed by atoms with Crippen molar-refractivity contribution in [3.05, 3.63) is 53.0 Å². The molecule has 1 atom stereocenters. The highest BCUT2D eigenvalue weighted by Crippen LogP contribution is 2.25. The Kier molecular flexibility index (Phi) is 5.82. The van der Waals surface area contributed by atoms with E-state index in [-0.39, 0.29) is 24.8 Å².